The first-order chi connectivity index (χ1) is 6.08. The van der Waals surface area contributed by atoms with Crippen LogP contribution in [0.5, 0.6) is 0 Å². The van der Waals surface area contributed by atoms with Crippen molar-refractivity contribution in [3.8, 4) is 0 Å². The molecule has 0 aliphatic heterocycles. The molecule has 0 N–H and O–H groups in total. The summed E-state index contributed by atoms with van der Waals surface area (Å²) in [5.74, 6) is 0. The molecule has 0 saturated heterocycles. The monoisotopic (exact) mass is 274 g/mol. The van der Waals surface area contributed by atoms with Gasteiger partial charge < -0.3 is 4.43 Å². The van der Waals surface area contributed by atoms with Crippen LogP contribution in [0.2, 0.25) is 13.1 Å². The predicted octanol–water partition coefficient (Wildman–Crippen LogP) is 4.42. The van der Waals surface area contributed by atoms with Crippen LogP contribution in [-0.2, 0) is 4.43 Å². The van der Waals surface area contributed by atoms with E-state index in [0.717, 1.165) is 6.61 Å². The molecular weight excluding hydrogens is 256 g/mol. The molecule has 0 amide bonds. The van der Waals surface area contributed by atoms with Crippen LogP contribution in [0.25, 0.3) is 0 Å². The molecular formula is C7H18OS4Si. The Bertz CT molecular complexity index is 134. The topological polar surface area (TPSA) is 9.23 Å². The molecule has 0 heterocycles. The van der Waals surface area contributed by atoms with E-state index >= 15 is 0 Å². The van der Waals surface area contributed by atoms with E-state index < -0.39 is 8.32 Å². The molecule has 0 bridgehead atoms. The molecule has 80 valence electrons. The Kier molecular flexibility index (Phi) is 8.76. The summed E-state index contributed by atoms with van der Waals surface area (Å²) in [4.78, 5) is 0.664. The molecule has 0 saturated carbocycles. The van der Waals surface area contributed by atoms with Gasteiger partial charge in [0.15, 0.2) is 8.32 Å². The van der Waals surface area contributed by atoms with Crippen molar-refractivity contribution < 1.29 is 4.43 Å². The highest BCUT2D eigenvalue weighted by molar-refractivity contribution is 9.24. The molecule has 13 heavy (non-hydrogen) atoms. The van der Waals surface area contributed by atoms with Gasteiger partial charge in [0, 0.05) is 11.5 Å². The lowest BCUT2D eigenvalue weighted by Gasteiger charge is -2.29. The van der Waals surface area contributed by atoms with Gasteiger partial charge in [-0.3, -0.25) is 0 Å². The minimum absolute atomic E-state index is 0.664. The highest BCUT2D eigenvalue weighted by Gasteiger charge is 2.32. The number of thiol groups is 1. The molecule has 0 fully saturated rings. The molecule has 1 unspecified atom stereocenters. The maximum Gasteiger partial charge on any atom is 0.200 e. The maximum absolute atomic E-state index is 5.85. The lowest BCUT2D eigenvalue weighted by molar-refractivity contribution is 0.327. The zero-order valence-corrected chi connectivity index (χ0v) is 12.9. The second-order valence-corrected chi connectivity index (χ2v) is 12.8. The van der Waals surface area contributed by atoms with Gasteiger partial charge in [0.2, 0.25) is 0 Å². The standard InChI is InChI=1S/C7H18OS4Si/c1-5-7(10-12-11-9)13(3,4)8-6-2/h7,9H,5-6H2,1-4H3. The fourth-order valence-electron chi connectivity index (χ4n) is 1.21. The Morgan fingerprint density at radius 1 is 1.38 bits per heavy atom. The van der Waals surface area contributed by atoms with Crippen LogP contribution in [0.15, 0.2) is 0 Å². The molecule has 0 aliphatic carbocycles. The highest BCUT2D eigenvalue weighted by atomic mass is 33.7. The molecule has 6 heteroatoms. The summed E-state index contributed by atoms with van der Waals surface area (Å²) < 4.78 is 5.85. The first-order valence-electron chi connectivity index (χ1n) is 4.36. The first-order valence-corrected chi connectivity index (χ1v) is 11.9. The Balaban J connectivity index is 4.02. The fraction of sp³-hybridized carbons (Fsp3) is 1.00. The van der Waals surface area contributed by atoms with E-state index in [9.17, 15) is 0 Å². The lowest BCUT2D eigenvalue weighted by atomic mass is 10.6. The summed E-state index contributed by atoms with van der Waals surface area (Å²) in [7, 11) is 3.70. The Hall–Kier alpha value is 1.58. The third-order valence-electron chi connectivity index (χ3n) is 1.85. The molecule has 1 nitrogen and oxygen atoms in total. The normalized spacial score (nSPS) is 14.5. The van der Waals surface area contributed by atoms with E-state index in [1.165, 1.54) is 16.2 Å². The quantitative estimate of drug-likeness (QED) is 0.418. The number of hydrogen-bond donors (Lipinski definition) is 1. The summed E-state index contributed by atoms with van der Waals surface area (Å²) in [6, 6.07) is 0. The van der Waals surface area contributed by atoms with E-state index in [2.05, 4.69) is 38.6 Å². The van der Waals surface area contributed by atoms with Gasteiger partial charge in [-0.1, -0.05) is 29.4 Å². The number of hydrogen-bond acceptors (Lipinski definition) is 5. The van der Waals surface area contributed by atoms with E-state index in [1.807, 2.05) is 10.8 Å². The zero-order chi connectivity index (χ0) is 10.3. The summed E-state index contributed by atoms with van der Waals surface area (Å²) in [5.41, 5.74) is 0. The van der Waals surface area contributed by atoms with E-state index in [-0.39, 0.29) is 0 Å². The van der Waals surface area contributed by atoms with Crippen molar-refractivity contribution in [1.29, 1.82) is 0 Å². The SMILES string of the molecule is CCO[Si](C)(C)C(CC)SSSS. The smallest absolute Gasteiger partial charge is 0.200 e. The third-order valence-corrected chi connectivity index (χ3v) is 12.1. The van der Waals surface area contributed by atoms with Gasteiger partial charge >= 0.3 is 0 Å². The highest BCUT2D eigenvalue weighted by Crippen LogP contribution is 2.43. The van der Waals surface area contributed by atoms with Crippen molar-refractivity contribution in [1.82, 2.24) is 0 Å². The van der Waals surface area contributed by atoms with E-state index in [4.69, 9.17) is 4.43 Å². The van der Waals surface area contributed by atoms with Crippen molar-refractivity contribution >= 4 is 50.4 Å². The molecule has 0 aromatic rings. The Morgan fingerprint density at radius 3 is 2.38 bits per heavy atom. The maximum atomic E-state index is 5.85. The van der Waals surface area contributed by atoms with Gasteiger partial charge in [-0.05, 0) is 46.1 Å². The van der Waals surface area contributed by atoms with Crippen LogP contribution >= 0.6 is 42.1 Å². The third kappa shape index (κ3) is 5.89. The van der Waals surface area contributed by atoms with E-state index in [1.54, 1.807) is 9.83 Å². The Morgan fingerprint density at radius 2 is 2.00 bits per heavy atom. The number of rotatable bonds is 7. The predicted molar refractivity (Wildman–Crippen MR) is 74.9 cm³/mol. The minimum atomic E-state index is -1.48. The van der Waals surface area contributed by atoms with Gasteiger partial charge in [0.1, 0.15) is 0 Å². The van der Waals surface area contributed by atoms with Gasteiger partial charge in [0.25, 0.3) is 0 Å². The molecule has 0 aliphatic rings. The minimum Gasteiger partial charge on any atom is -0.417 e. The van der Waals surface area contributed by atoms with Gasteiger partial charge in [-0.15, -0.1) is 0 Å². The van der Waals surface area contributed by atoms with Crippen LogP contribution in [-0.4, -0.2) is 19.8 Å². The van der Waals surface area contributed by atoms with E-state index in [0.29, 0.717) is 4.87 Å². The fourth-order valence-corrected chi connectivity index (χ4v) is 10.6. The lowest BCUT2D eigenvalue weighted by Crippen LogP contribution is -2.42. The van der Waals surface area contributed by atoms with Crippen LogP contribution < -0.4 is 0 Å². The summed E-state index contributed by atoms with van der Waals surface area (Å²) in [6.45, 7) is 9.74. The van der Waals surface area contributed by atoms with Gasteiger partial charge in [-0.2, -0.15) is 0 Å². The second kappa shape index (κ2) is 7.82. The van der Waals surface area contributed by atoms with Gasteiger partial charge in [-0.25, -0.2) is 0 Å². The second-order valence-electron chi connectivity index (χ2n) is 3.17. The van der Waals surface area contributed by atoms with Crippen molar-refractivity contribution in [3.05, 3.63) is 0 Å². The average molecular weight is 275 g/mol. The van der Waals surface area contributed by atoms with Crippen molar-refractivity contribution in [2.45, 2.75) is 38.2 Å². The van der Waals surface area contributed by atoms with Crippen LogP contribution in [0, 0.1) is 0 Å². The molecule has 0 aromatic heterocycles. The first kappa shape index (κ1) is 14.6. The van der Waals surface area contributed by atoms with Crippen molar-refractivity contribution in [3.63, 3.8) is 0 Å². The summed E-state index contributed by atoms with van der Waals surface area (Å²) in [5, 5.41) is 0. The largest absolute Gasteiger partial charge is 0.417 e. The zero-order valence-electron chi connectivity index (χ0n) is 8.57. The van der Waals surface area contributed by atoms with Crippen LogP contribution in [0.3, 0.4) is 0 Å². The van der Waals surface area contributed by atoms with Crippen molar-refractivity contribution in [2.24, 2.45) is 0 Å². The molecule has 0 spiro atoms. The summed E-state index contributed by atoms with van der Waals surface area (Å²) >= 11 is 4.12. The molecule has 0 aromatic carbocycles. The summed E-state index contributed by atoms with van der Waals surface area (Å²) in [6.07, 6.45) is 1.19. The molecule has 0 rings (SSSR count). The van der Waals surface area contributed by atoms with Crippen LogP contribution in [0.1, 0.15) is 20.3 Å². The molecule has 1 atom stereocenters. The molecule has 0 radical (unpaired) electrons. The average Bonchev–Trinajstić information content (AvgIpc) is 2.05. The Labute approximate surface area is 99.3 Å². The van der Waals surface area contributed by atoms with Crippen LogP contribution in [0.4, 0.5) is 0 Å². The van der Waals surface area contributed by atoms with Crippen molar-refractivity contribution in [2.75, 3.05) is 6.61 Å². The van der Waals surface area contributed by atoms with Gasteiger partial charge in [0.05, 0.1) is 0 Å².